The molecule has 0 unspecified atom stereocenters. The Morgan fingerprint density at radius 3 is 2.45 bits per heavy atom. The number of rotatable bonds is 6. The van der Waals surface area contributed by atoms with Crippen LogP contribution < -0.4 is 5.32 Å². The van der Waals surface area contributed by atoms with E-state index in [4.69, 9.17) is 16.3 Å². The number of aromatic nitrogens is 2. The SMILES string of the molecule is CCc1cc(Nc2ccc(C(C)(C)C(=O)OC)cc2)nc(-c2cccc(Cl)c2)n1. The van der Waals surface area contributed by atoms with Crippen molar-refractivity contribution in [2.24, 2.45) is 0 Å². The molecule has 0 aliphatic heterocycles. The summed E-state index contributed by atoms with van der Waals surface area (Å²) in [5.74, 6) is 1.05. The van der Waals surface area contributed by atoms with Crippen LogP contribution in [0.3, 0.4) is 0 Å². The molecule has 0 atom stereocenters. The molecule has 0 amide bonds. The van der Waals surface area contributed by atoms with E-state index in [1.54, 1.807) is 0 Å². The molecule has 3 aromatic rings. The maximum Gasteiger partial charge on any atom is 0.315 e. The van der Waals surface area contributed by atoms with Crippen molar-refractivity contribution < 1.29 is 9.53 Å². The van der Waals surface area contributed by atoms with Crippen LogP contribution in [0.25, 0.3) is 11.4 Å². The van der Waals surface area contributed by atoms with E-state index in [0.29, 0.717) is 16.7 Å². The zero-order valence-corrected chi connectivity index (χ0v) is 17.7. The van der Waals surface area contributed by atoms with E-state index in [1.165, 1.54) is 7.11 Å². The van der Waals surface area contributed by atoms with Gasteiger partial charge in [0.15, 0.2) is 5.82 Å². The molecular formula is C23H24ClN3O2. The first kappa shape index (κ1) is 20.8. The largest absolute Gasteiger partial charge is 0.468 e. The van der Waals surface area contributed by atoms with E-state index in [9.17, 15) is 4.79 Å². The van der Waals surface area contributed by atoms with Crippen molar-refractivity contribution in [3.63, 3.8) is 0 Å². The monoisotopic (exact) mass is 409 g/mol. The maximum atomic E-state index is 12.0. The van der Waals surface area contributed by atoms with Crippen molar-refractivity contribution in [3.8, 4) is 11.4 Å². The van der Waals surface area contributed by atoms with Gasteiger partial charge < -0.3 is 10.1 Å². The fraction of sp³-hybridized carbons (Fsp3) is 0.261. The second-order valence-corrected chi connectivity index (χ2v) is 7.69. The molecule has 0 saturated carbocycles. The molecular weight excluding hydrogens is 386 g/mol. The molecule has 1 aromatic heterocycles. The number of carbonyl (C=O) groups excluding carboxylic acids is 1. The number of methoxy groups -OCH3 is 1. The summed E-state index contributed by atoms with van der Waals surface area (Å²) in [4.78, 5) is 21.3. The van der Waals surface area contributed by atoms with Gasteiger partial charge in [0.2, 0.25) is 0 Å². The van der Waals surface area contributed by atoms with Crippen LogP contribution in [0.1, 0.15) is 32.0 Å². The molecule has 5 nitrogen and oxygen atoms in total. The van der Waals surface area contributed by atoms with Crippen molar-refractivity contribution in [1.82, 2.24) is 9.97 Å². The van der Waals surface area contributed by atoms with Crippen LogP contribution >= 0.6 is 11.6 Å². The number of hydrogen-bond acceptors (Lipinski definition) is 5. The Labute approximate surface area is 176 Å². The number of nitrogens with one attached hydrogen (secondary N) is 1. The van der Waals surface area contributed by atoms with Gasteiger partial charge >= 0.3 is 5.97 Å². The van der Waals surface area contributed by atoms with Crippen LogP contribution in [0.4, 0.5) is 11.5 Å². The number of hydrogen-bond donors (Lipinski definition) is 1. The second kappa shape index (κ2) is 8.62. The predicted octanol–water partition coefficient (Wildman–Crippen LogP) is 5.55. The highest BCUT2D eigenvalue weighted by molar-refractivity contribution is 6.30. The summed E-state index contributed by atoms with van der Waals surface area (Å²) in [6, 6.07) is 17.1. The maximum absolute atomic E-state index is 12.0. The van der Waals surface area contributed by atoms with Gasteiger partial charge in [-0.3, -0.25) is 4.79 Å². The van der Waals surface area contributed by atoms with Gasteiger partial charge in [0.1, 0.15) is 5.82 Å². The number of benzene rings is 2. The Bertz CT molecular complexity index is 1020. The minimum absolute atomic E-state index is 0.271. The molecule has 150 valence electrons. The van der Waals surface area contributed by atoms with Crippen LogP contribution in [0, 0.1) is 0 Å². The first-order chi connectivity index (χ1) is 13.8. The van der Waals surface area contributed by atoms with Crippen LogP contribution in [-0.4, -0.2) is 23.0 Å². The zero-order chi connectivity index (χ0) is 21.0. The van der Waals surface area contributed by atoms with Gasteiger partial charge in [-0.1, -0.05) is 42.8 Å². The van der Waals surface area contributed by atoms with Crippen LogP contribution in [0.2, 0.25) is 5.02 Å². The van der Waals surface area contributed by atoms with Crippen molar-refractivity contribution in [1.29, 1.82) is 0 Å². The normalized spacial score (nSPS) is 11.2. The van der Waals surface area contributed by atoms with E-state index < -0.39 is 5.41 Å². The number of carbonyl (C=O) groups is 1. The second-order valence-electron chi connectivity index (χ2n) is 7.25. The summed E-state index contributed by atoms with van der Waals surface area (Å²) in [6.07, 6.45) is 0.789. The highest BCUT2D eigenvalue weighted by Gasteiger charge is 2.30. The Morgan fingerprint density at radius 2 is 1.83 bits per heavy atom. The Morgan fingerprint density at radius 1 is 1.10 bits per heavy atom. The number of halogens is 1. The lowest BCUT2D eigenvalue weighted by atomic mass is 9.85. The smallest absolute Gasteiger partial charge is 0.315 e. The first-order valence-corrected chi connectivity index (χ1v) is 9.81. The molecule has 0 aliphatic carbocycles. The summed E-state index contributed by atoms with van der Waals surface area (Å²) < 4.78 is 4.90. The van der Waals surface area contributed by atoms with Crippen molar-refractivity contribution in [2.75, 3.05) is 12.4 Å². The molecule has 29 heavy (non-hydrogen) atoms. The molecule has 3 rings (SSSR count). The minimum Gasteiger partial charge on any atom is -0.468 e. The Balaban J connectivity index is 1.88. The standard InChI is InChI=1S/C23H24ClN3O2/c1-5-18-14-20(27-21(26-18)15-7-6-8-17(24)13-15)25-19-11-9-16(10-12-19)23(2,3)22(28)29-4/h6-14H,5H2,1-4H3,(H,25,26,27). The molecule has 2 aromatic carbocycles. The lowest BCUT2D eigenvalue weighted by Gasteiger charge is -2.22. The molecule has 0 aliphatic rings. The Kier molecular flexibility index (Phi) is 6.18. The summed E-state index contributed by atoms with van der Waals surface area (Å²) in [5, 5.41) is 3.97. The average Bonchev–Trinajstić information content (AvgIpc) is 2.73. The fourth-order valence-electron chi connectivity index (χ4n) is 2.99. The summed E-state index contributed by atoms with van der Waals surface area (Å²) in [7, 11) is 1.40. The summed E-state index contributed by atoms with van der Waals surface area (Å²) in [6.45, 7) is 5.74. The van der Waals surface area contributed by atoms with E-state index >= 15 is 0 Å². The minimum atomic E-state index is -0.711. The molecule has 1 N–H and O–H groups in total. The summed E-state index contributed by atoms with van der Waals surface area (Å²) >= 11 is 6.12. The van der Waals surface area contributed by atoms with Crippen molar-refractivity contribution >= 4 is 29.1 Å². The predicted molar refractivity (Wildman–Crippen MR) is 117 cm³/mol. The number of anilines is 2. The number of esters is 1. The topological polar surface area (TPSA) is 64.1 Å². The van der Waals surface area contributed by atoms with Gasteiger partial charge in [0.25, 0.3) is 0 Å². The number of ether oxygens (including phenoxy) is 1. The van der Waals surface area contributed by atoms with Crippen molar-refractivity contribution in [2.45, 2.75) is 32.6 Å². The average molecular weight is 410 g/mol. The molecule has 0 fully saturated rings. The lowest BCUT2D eigenvalue weighted by Crippen LogP contribution is -2.30. The highest BCUT2D eigenvalue weighted by atomic mass is 35.5. The van der Waals surface area contributed by atoms with Crippen LogP contribution in [0.5, 0.6) is 0 Å². The molecule has 0 bridgehead atoms. The van der Waals surface area contributed by atoms with Crippen LogP contribution in [-0.2, 0) is 21.4 Å². The zero-order valence-electron chi connectivity index (χ0n) is 17.0. The third kappa shape index (κ3) is 4.74. The van der Waals surface area contributed by atoms with E-state index in [0.717, 1.165) is 28.9 Å². The van der Waals surface area contributed by atoms with Gasteiger partial charge in [-0.2, -0.15) is 0 Å². The van der Waals surface area contributed by atoms with Crippen LogP contribution in [0.15, 0.2) is 54.6 Å². The van der Waals surface area contributed by atoms with E-state index in [1.807, 2.05) is 68.4 Å². The van der Waals surface area contributed by atoms with Gasteiger partial charge in [-0.05, 0) is 50.1 Å². The first-order valence-electron chi connectivity index (χ1n) is 9.43. The molecule has 6 heteroatoms. The van der Waals surface area contributed by atoms with Crippen molar-refractivity contribution in [3.05, 3.63) is 70.9 Å². The van der Waals surface area contributed by atoms with Gasteiger partial charge in [0.05, 0.1) is 12.5 Å². The molecule has 0 radical (unpaired) electrons. The lowest BCUT2D eigenvalue weighted by molar-refractivity contribution is -0.146. The number of nitrogens with zero attached hydrogens (tertiary/aromatic N) is 2. The quantitative estimate of drug-likeness (QED) is 0.540. The molecule has 0 spiro atoms. The van der Waals surface area contributed by atoms with E-state index in [-0.39, 0.29) is 5.97 Å². The summed E-state index contributed by atoms with van der Waals surface area (Å²) in [5.41, 5.74) is 2.84. The van der Waals surface area contributed by atoms with E-state index in [2.05, 4.69) is 22.2 Å². The number of aryl methyl sites for hydroxylation is 1. The van der Waals surface area contributed by atoms with Gasteiger partial charge in [-0.25, -0.2) is 9.97 Å². The molecule has 1 heterocycles. The van der Waals surface area contributed by atoms with Gasteiger partial charge in [0, 0.05) is 28.0 Å². The third-order valence-electron chi connectivity index (χ3n) is 4.80. The highest BCUT2D eigenvalue weighted by Crippen LogP contribution is 2.27. The molecule has 0 saturated heterocycles. The third-order valence-corrected chi connectivity index (χ3v) is 5.03. The fourth-order valence-corrected chi connectivity index (χ4v) is 3.18. The van der Waals surface area contributed by atoms with Gasteiger partial charge in [-0.15, -0.1) is 0 Å². The Hall–Kier alpha value is -2.92.